The number of nitrogens with one attached hydrogen (secondary N) is 1. The third kappa shape index (κ3) is 1.42. The molecule has 2 aromatic heterocycles. The lowest BCUT2D eigenvalue weighted by Gasteiger charge is -2.15. The zero-order chi connectivity index (χ0) is 11.0. The van der Waals surface area contributed by atoms with E-state index in [2.05, 4.69) is 21.0 Å². The molecule has 16 heavy (non-hydrogen) atoms. The van der Waals surface area contributed by atoms with E-state index in [1.54, 1.807) is 0 Å². The van der Waals surface area contributed by atoms with Crippen LogP contribution in [0.3, 0.4) is 0 Å². The third-order valence-corrected chi connectivity index (χ3v) is 2.99. The van der Waals surface area contributed by atoms with Gasteiger partial charge in [-0.3, -0.25) is 9.97 Å². The van der Waals surface area contributed by atoms with E-state index in [9.17, 15) is 0 Å². The van der Waals surface area contributed by atoms with Crippen LogP contribution in [0.4, 0.5) is 0 Å². The summed E-state index contributed by atoms with van der Waals surface area (Å²) in [5.74, 6) is 0. The highest BCUT2D eigenvalue weighted by atomic mass is 14.8. The van der Waals surface area contributed by atoms with Crippen LogP contribution in [0.25, 0.3) is 11.3 Å². The number of nitrogens with two attached hydrogens (primary N) is 1. The first-order valence-electron chi connectivity index (χ1n) is 5.60. The molecular weight excluding hydrogens is 200 g/mol. The first kappa shape index (κ1) is 9.54. The van der Waals surface area contributed by atoms with E-state index in [1.807, 2.05) is 12.4 Å². The van der Waals surface area contributed by atoms with Gasteiger partial charge in [0, 0.05) is 30.1 Å². The molecule has 0 aromatic carbocycles. The average Bonchev–Trinajstić information content (AvgIpc) is 2.77. The molecule has 0 unspecified atom stereocenters. The van der Waals surface area contributed by atoms with Crippen LogP contribution in [-0.4, -0.2) is 21.5 Å². The second-order valence-corrected chi connectivity index (χ2v) is 4.07. The molecule has 4 heteroatoms. The van der Waals surface area contributed by atoms with Gasteiger partial charge in [0.25, 0.3) is 0 Å². The monoisotopic (exact) mass is 214 g/mol. The Morgan fingerprint density at radius 3 is 3.19 bits per heavy atom. The van der Waals surface area contributed by atoms with Crippen LogP contribution in [0, 0.1) is 0 Å². The van der Waals surface area contributed by atoms with Crippen molar-refractivity contribution in [3.63, 3.8) is 0 Å². The lowest BCUT2D eigenvalue weighted by molar-refractivity contribution is 0.821. The maximum Gasteiger partial charge on any atom is 0.0935 e. The number of H-pyrrole nitrogens is 1. The van der Waals surface area contributed by atoms with Crippen LogP contribution in [0.1, 0.15) is 17.1 Å². The smallest absolute Gasteiger partial charge is 0.0935 e. The van der Waals surface area contributed by atoms with Crippen LogP contribution >= 0.6 is 0 Å². The first-order chi connectivity index (χ1) is 7.88. The van der Waals surface area contributed by atoms with Crippen molar-refractivity contribution in [3.05, 3.63) is 35.5 Å². The molecule has 0 fully saturated rings. The fraction of sp³-hybridized carbons (Fsp3) is 0.333. The second-order valence-electron chi connectivity index (χ2n) is 4.07. The van der Waals surface area contributed by atoms with E-state index >= 15 is 0 Å². The van der Waals surface area contributed by atoms with Crippen molar-refractivity contribution in [2.45, 2.75) is 19.3 Å². The Kier molecular flexibility index (Phi) is 2.22. The molecule has 3 N–H and O–H groups in total. The molecule has 2 heterocycles. The Bertz CT molecular complexity index is 515. The molecule has 1 aliphatic rings. The maximum absolute atomic E-state index is 5.52. The lowest BCUT2D eigenvalue weighted by atomic mass is 9.98. The van der Waals surface area contributed by atoms with Gasteiger partial charge < -0.3 is 10.7 Å². The quantitative estimate of drug-likeness (QED) is 0.785. The number of nitrogens with zero attached hydrogens (tertiary/aromatic N) is 2. The van der Waals surface area contributed by atoms with Crippen molar-refractivity contribution in [1.29, 1.82) is 0 Å². The standard InChI is InChI=1S/C12H14N4/c13-5-3-8-7-15-12-9-4-6-14-10(9)1-2-11(12)16-8/h4,6-7,14H,1-3,5,13H2. The molecular formula is C12H14N4. The zero-order valence-electron chi connectivity index (χ0n) is 9.03. The van der Waals surface area contributed by atoms with E-state index in [4.69, 9.17) is 5.73 Å². The van der Waals surface area contributed by atoms with Crippen molar-refractivity contribution < 1.29 is 0 Å². The summed E-state index contributed by atoms with van der Waals surface area (Å²) in [6, 6.07) is 2.07. The minimum atomic E-state index is 0.628. The van der Waals surface area contributed by atoms with Crippen molar-refractivity contribution in [3.8, 4) is 11.3 Å². The van der Waals surface area contributed by atoms with Crippen molar-refractivity contribution in [1.82, 2.24) is 15.0 Å². The highest BCUT2D eigenvalue weighted by Crippen LogP contribution is 2.29. The largest absolute Gasteiger partial charge is 0.364 e. The molecule has 4 nitrogen and oxygen atoms in total. The fourth-order valence-corrected chi connectivity index (χ4v) is 2.21. The molecule has 1 aliphatic carbocycles. The maximum atomic E-state index is 5.52. The van der Waals surface area contributed by atoms with Gasteiger partial charge in [-0.05, 0) is 25.5 Å². The van der Waals surface area contributed by atoms with Crippen LogP contribution in [0.2, 0.25) is 0 Å². The first-order valence-corrected chi connectivity index (χ1v) is 5.60. The van der Waals surface area contributed by atoms with Gasteiger partial charge in [-0.25, -0.2) is 0 Å². The fourth-order valence-electron chi connectivity index (χ4n) is 2.21. The Balaban J connectivity index is 2.07. The van der Waals surface area contributed by atoms with Gasteiger partial charge in [0.2, 0.25) is 0 Å². The van der Waals surface area contributed by atoms with Gasteiger partial charge in [-0.1, -0.05) is 0 Å². The lowest BCUT2D eigenvalue weighted by Crippen LogP contribution is -2.11. The van der Waals surface area contributed by atoms with E-state index < -0.39 is 0 Å². The number of aryl methyl sites for hydroxylation is 2. The highest BCUT2D eigenvalue weighted by molar-refractivity contribution is 5.66. The molecule has 0 radical (unpaired) electrons. The molecule has 0 atom stereocenters. The zero-order valence-corrected chi connectivity index (χ0v) is 9.03. The number of hydrogen-bond donors (Lipinski definition) is 2. The Morgan fingerprint density at radius 1 is 1.38 bits per heavy atom. The molecule has 0 amide bonds. The van der Waals surface area contributed by atoms with E-state index in [-0.39, 0.29) is 0 Å². The average molecular weight is 214 g/mol. The van der Waals surface area contributed by atoms with Gasteiger partial charge in [0.1, 0.15) is 0 Å². The Labute approximate surface area is 93.9 Å². The van der Waals surface area contributed by atoms with E-state index in [0.29, 0.717) is 6.54 Å². The predicted molar refractivity (Wildman–Crippen MR) is 62.0 cm³/mol. The molecule has 0 saturated carbocycles. The van der Waals surface area contributed by atoms with Gasteiger partial charge in [0.05, 0.1) is 17.1 Å². The molecule has 0 aliphatic heterocycles. The van der Waals surface area contributed by atoms with Gasteiger partial charge >= 0.3 is 0 Å². The third-order valence-electron chi connectivity index (χ3n) is 2.99. The van der Waals surface area contributed by atoms with Gasteiger partial charge in [-0.15, -0.1) is 0 Å². The summed E-state index contributed by atoms with van der Waals surface area (Å²) in [5.41, 5.74) is 11.1. The van der Waals surface area contributed by atoms with E-state index in [0.717, 1.165) is 36.3 Å². The summed E-state index contributed by atoms with van der Waals surface area (Å²) in [4.78, 5) is 12.4. The van der Waals surface area contributed by atoms with Crippen LogP contribution < -0.4 is 5.73 Å². The Morgan fingerprint density at radius 2 is 2.31 bits per heavy atom. The van der Waals surface area contributed by atoms with Crippen molar-refractivity contribution in [2.24, 2.45) is 5.73 Å². The van der Waals surface area contributed by atoms with Crippen LogP contribution in [-0.2, 0) is 19.3 Å². The van der Waals surface area contributed by atoms with Crippen molar-refractivity contribution >= 4 is 0 Å². The molecule has 2 aromatic rings. The number of fused-ring (bicyclic) bond motifs is 3. The number of aromatic nitrogens is 3. The van der Waals surface area contributed by atoms with Crippen molar-refractivity contribution in [2.75, 3.05) is 6.54 Å². The molecule has 0 spiro atoms. The number of hydrogen-bond acceptors (Lipinski definition) is 3. The summed E-state index contributed by atoms with van der Waals surface area (Å²) >= 11 is 0. The second kappa shape index (κ2) is 3.72. The normalized spacial score (nSPS) is 13.3. The minimum Gasteiger partial charge on any atom is -0.364 e. The molecule has 0 bridgehead atoms. The summed E-state index contributed by atoms with van der Waals surface area (Å²) in [7, 11) is 0. The highest BCUT2D eigenvalue weighted by Gasteiger charge is 2.19. The SMILES string of the molecule is NCCc1cnc2c(n1)CCc1[nH]ccc1-2. The van der Waals surface area contributed by atoms with E-state index in [1.165, 1.54) is 11.3 Å². The summed E-state index contributed by atoms with van der Waals surface area (Å²) in [6.45, 7) is 0.628. The predicted octanol–water partition coefficient (Wildman–Crippen LogP) is 1.07. The molecule has 82 valence electrons. The van der Waals surface area contributed by atoms with Gasteiger partial charge in [0.15, 0.2) is 0 Å². The van der Waals surface area contributed by atoms with Crippen LogP contribution in [0.5, 0.6) is 0 Å². The van der Waals surface area contributed by atoms with Crippen LogP contribution in [0.15, 0.2) is 18.5 Å². The van der Waals surface area contributed by atoms with Gasteiger partial charge in [-0.2, -0.15) is 0 Å². The molecule has 0 saturated heterocycles. The number of rotatable bonds is 2. The molecule has 3 rings (SSSR count). The summed E-state index contributed by atoms with van der Waals surface area (Å²) in [5, 5.41) is 0. The topological polar surface area (TPSA) is 67.6 Å². The summed E-state index contributed by atoms with van der Waals surface area (Å²) < 4.78 is 0. The minimum absolute atomic E-state index is 0.628. The number of aromatic amines is 1. The Hall–Kier alpha value is -1.68. The summed E-state index contributed by atoms with van der Waals surface area (Å²) in [6.07, 6.45) is 6.60.